The Morgan fingerprint density at radius 3 is 2.47 bits per heavy atom. The molecule has 0 aromatic heterocycles. The van der Waals surface area contributed by atoms with Crippen LogP contribution in [0.3, 0.4) is 0 Å². The van der Waals surface area contributed by atoms with E-state index in [9.17, 15) is 0 Å². The van der Waals surface area contributed by atoms with Gasteiger partial charge in [-0.15, -0.1) is 0 Å². The van der Waals surface area contributed by atoms with Crippen molar-refractivity contribution in [3.8, 4) is 5.75 Å². The number of methoxy groups -OCH3 is 1. The average molecular weight is 237 g/mol. The fraction of sp³-hybridized carbons (Fsp3) is 0.571. The summed E-state index contributed by atoms with van der Waals surface area (Å²) in [5.41, 5.74) is 1.13. The van der Waals surface area contributed by atoms with Crippen LogP contribution in [-0.2, 0) is 4.74 Å². The molecule has 1 aromatic carbocycles. The fourth-order valence-electron chi connectivity index (χ4n) is 1.45. The molecule has 0 aliphatic rings. The minimum atomic E-state index is 0.797. The summed E-state index contributed by atoms with van der Waals surface area (Å²) in [6.45, 7) is 4.70. The Kier molecular flexibility index (Phi) is 7.23. The fourth-order valence-corrected chi connectivity index (χ4v) is 1.45. The lowest BCUT2D eigenvalue weighted by molar-refractivity contribution is 0.198. The van der Waals surface area contributed by atoms with Crippen molar-refractivity contribution in [2.75, 3.05) is 32.2 Å². The maximum atomic E-state index is 5.60. The third-order valence-corrected chi connectivity index (χ3v) is 2.48. The zero-order valence-corrected chi connectivity index (χ0v) is 10.9. The molecule has 3 nitrogen and oxygen atoms in total. The third kappa shape index (κ3) is 6.17. The van der Waals surface area contributed by atoms with Crippen molar-refractivity contribution in [3.05, 3.63) is 24.3 Å². The Morgan fingerprint density at radius 2 is 1.82 bits per heavy atom. The summed E-state index contributed by atoms with van der Waals surface area (Å²) in [7, 11) is 1.72. The quantitative estimate of drug-likeness (QED) is 0.668. The van der Waals surface area contributed by atoms with Crippen LogP contribution in [0.1, 0.15) is 26.2 Å². The SMILES string of the molecule is CCCCOc1ccc(NCCCOC)cc1. The number of rotatable bonds is 9. The van der Waals surface area contributed by atoms with Gasteiger partial charge in [0.25, 0.3) is 0 Å². The van der Waals surface area contributed by atoms with Gasteiger partial charge in [0.15, 0.2) is 0 Å². The minimum absolute atomic E-state index is 0.797. The van der Waals surface area contributed by atoms with Crippen LogP contribution in [0, 0.1) is 0 Å². The summed E-state index contributed by atoms with van der Waals surface area (Å²) in [4.78, 5) is 0. The summed E-state index contributed by atoms with van der Waals surface area (Å²) in [6.07, 6.45) is 3.29. The average Bonchev–Trinajstić information content (AvgIpc) is 2.37. The number of nitrogens with one attached hydrogen (secondary N) is 1. The van der Waals surface area contributed by atoms with E-state index < -0.39 is 0 Å². The van der Waals surface area contributed by atoms with Gasteiger partial charge in [-0.1, -0.05) is 13.3 Å². The Balaban J connectivity index is 2.24. The standard InChI is InChI=1S/C14H23NO2/c1-3-4-12-17-14-8-6-13(7-9-14)15-10-5-11-16-2/h6-9,15H,3-5,10-12H2,1-2H3. The first kappa shape index (κ1) is 13.8. The van der Waals surface area contributed by atoms with Gasteiger partial charge in [-0.3, -0.25) is 0 Å². The molecule has 17 heavy (non-hydrogen) atoms. The van der Waals surface area contributed by atoms with E-state index in [0.29, 0.717) is 0 Å². The van der Waals surface area contributed by atoms with Gasteiger partial charge in [-0.2, -0.15) is 0 Å². The molecular formula is C14H23NO2. The van der Waals surface area contributed by atoms with E-state index in [1.165, 1.54) is 6.42 Å². The molecule has 0 amide bonds. The highest BCUT2D eigenvalue weighted by Crippen LogP contribution is 2.15. The zero-order valence-electron chi connectivity index (χ0n) is 10.9. The predicted octanol–water partition coefficient (Wildman–Crippen LogP) is 3.31. The van der Waals surface area contributed by atoms with E-state index in [-0.39, 0.29) is 0 Å². The van der Waals surface area contributed by atoms with Crippen molar-refractivity contribution in [3.63, 3.8) is 0 Å². The maximum absolute atomic E-state index is 5.60. The van der Waals surface area contributed by atoms with E-state index in [0.717, 1.165) is 44.0 Å². The van der Waals surface area contributed by atoms with Gasteiger partial charge in [0.05, 0.1) is 6.61 Å². The number of ether oxygens (including phenoxy) is 2. The largest absolute Gasteiger partial charge is 0.494 e. The first-order valence-electron chi connectivity index (χ1n) is 6.32. The highest BCUT2D eigenvalue weighted by molar-refractivity contribution is 5.46. The van der Waals surface area contributed by atoms with E-state index >= 15 is 0 Å². The highest BCUT2D eigenvalue weighted by Gasteiger charge is 1.95. The molecule has 0 aliphatic heterocycles. The van der Waals surface area contributed by atoms with Crippen LogP contribution >= 0.6 is 0 Å². The van der Waals surface area contributed by atoms with Gasteiger partial charge >= 0.3 is 0 Å². The van der Waals surface area contributed by atoms with E-state index in [4.69, 9.17) is 9.47 Å². The Hall–Kier alpha value is -1.22. The maximum Gasteiger partial charge on any atom is 0.119 e. The van der Waals surface area contributed by atoms with Gasteiger partial charge in [0, 0.05) is 25.9 Å². The summed E-state index contributed by atoms with van der Waals surface area (Å²) in [5, 5.41) is 3.34. The minimum Gasteiger partial charge on any atom is -0.494 e. The number of unbranched alkanes of at least 4 members (excludes halogenated alkanes) is 1. The van der Waals surface area contributed by atoms with Gasteiger partial charge in [-0.25, -0.2) is 0 Å². The summed E-state index contributed by atoms with van der Waals surface area (Å²) < 4.78 is 10.6. The summed E-state index contributed by atoms with van der Waals surface area (Å²) >= 11 is 0. The molecule has 0 heterocycles. The Morgan fingerprint density at radius 1 is 1.06 bits per heavy atom. The molecule has 1 aromatic rings. The summed E-state index contributed by atoms with van der Waals surface area (Å²) in [6, 6.07) is 8.12. The van der Waals surface area contributed by atoms with Crippen molar-refractivity contribution >= 4 is 5.69 Å². The second-order valence-corrected chi connectivity index (χ2v) is 4.00. The highest BCUT2D eigenvalue weighted by atomic mass is 16.5. The molecule has 3 heteroatoms. The summed E-state index contributed by atoms with van der Waals surface area (Å²) in [5.74, 6) is 0.945. The van der Waals surface area contributed by atoms with Crippen LogP contribution in [0.25, 0.3) is 0 Å². The third-order valence-electron chi connectivity index (χ3n) is 2.48. The number of anilines is 1. The molecule has 1 N–H and O–H groups in total. The van der Waals surface area contributed by atoms with Crippen LogP contribution in [0.5, 0.6) is 5.75 Å². The second-order valence-electron chi connectivity index (χ2n) is 4.00. The number of benzene rings is 1. The monoisotopic (exact) mass is 237 g/mol. The molecule has 0 unspecified atom stereocenters. The lowest BCUT2D eigenvalue weighted by atomic mass is 10.3. The van der Waals surface area contributed by atoms with Gasteiger partial charge < -0.3 is 14.8 Å². The van der Waals surface area contributed by atoms with Crippen LogP contribution in [0.4, 0.5) is 5.69 Å². The molecule has 0 aliphatic carbocycles. The normalized spacial score (nSPS) is 10.2. The van der Waals surface area contributed by atoms with Crippen LogP contribution < -0.4 is 10.1 Å². The lowest BCUT2D eigenvalue weighted by Crippen LogP contribution is -2.04. The predicted molar refractivity (Wildman–Crippen MR) is 71.8 cm³/mol. The van der Waals surface area contributed by atoms with Crippen LogP contribution in [-0.4, -0.2) is 26.9 Å². The molecule has 0 spiro atoms. The van der Waals surface area contributed by atoms with Gasteiger partial charge in [0.2, 0.25) is 0 Å². The molecule has 0 bridgehead atoms. The molecule has 0 atom stereocenters. The molecule has 0 saturated heterocycles. The van der Waals surface area contributed by atoms with Crippen molar-refractivity contribution in [2.45, 2.75) is 26.2 Å². The first-order valence-corrected chi connectivity index (χ1v) is 6.32. The van der Waals surface area contributed by atoms with Gasteiger partial charge in [-0.05, 0) is 37.1 Å². The molecule has 0 radical (unpaired) electrons. The molecule has 96 valence electrons. The molecule has 0 saturated carbocycles. The van der Waals surface area contributed by atoms with E-state index in [1.807, 2.05) is 24.3 Å². The van der Waals surface area contributed by atoms with Crippen LogP contribution in [0.15, 0.2) is 24.3 Å². The van der Waals surface area contributed by atoms with Crippen molar-refractivity contribution in [2.24, 2.45) is 0 Å². The molecule has 0 fully saturated rings. The molecule has 1 rings (SSSR count). The van der Waals surface area contributed by atoms with Crippen molar-refractivity contribution in [1.29, 1.82) is 0 Å². The number of hydrogen-bond donors (Lipinski definition) is 1. The van der Waals surface area contributed by atoms with Crippen LogP contribution in [0.2, 0.25) is 0 Å². The van der Waals surface area contributed by atoms with Crippen molar-refractivity contribution in [1.82, 2.24) is 0 Å². The molecular weight excluding hydrogens is 214 g/mol. The zero-order chi connectivity index (χ0) is 12.3. The lowest BCUT2D eigenvalue weighted by Gasteiger charge is -2.08. The Bertz CT molecular complexity index is 285. The van der Waals surface area contributed by atoms with Gasteiger partial charge in [0.1, 0.15) is 5.75 Å². The van der Waals surface area contributed by atoms with E-state index in [2.05, 4.69) is 12.2 Å². The first-order chi connectivity index (χ1) is 8.36. The topological polar surface area (TPSA) is 30.5 Å². The Labute approximate surface area is 104 Å². The second kappa shape index (κ2) is 8.88. The van der Waals surface area contributed by atoms with E-state index in [1.54, 1.807) is 7.11 Å². The van der Waals surface area contributed by atoms with Crippen molar-refractivity contribution < 1.29 is 9.47 Å². The smallest absolute Gasteiger partial charge is 0.119 e. The number of hydrogen-bond acceptors (Lipinski definition) is 3.